The van der Waals surface area contributed by atoms with E-state index in [-0.39, 0.29) is 52.4 Å². The van der Waals surface area contributed by atoms with Crippen LogP contribution in [0.25, 0.3) is 16.9 Å². The molecule has 1 unspecified atom stereocenters. The van der Waals surface area contributed by atoms with Gasteiger partial charge in [0.25, 0.3) is 5.91 Å². The zero-order chi connectivity index (χ0) is 28.3. The maximum Gasteiger partial charge on any atom is 0.272 e. The molecule has 3 aliphatic rings. The van der Waals surface area contributed by atoms with Crippen molar-refractivity contribution in [3.8, 4) is 23.2 Å². The molecule has 4 aromatic rings. The number of aromatic nitrogens is 6. The number of fused-ring (bicyclic) bond motifs is 1. The summed E-state index contributed by atoms with van der Waals surface area (Å²) >= 11 is 0. The number of halogens is 1. The summed E-state index contributed by atoms with van der Waals surface area (Å²) in [6.07, 6.45) is 7.89. The van der Waals surface area contributed by atoms with Gasteiger partial charge in [-0.15, -0.1) is 0 Å². The molecule has 1 aliphatic heterocycles. The molecule has 2 aliphatic carbocycles. The lowest BCUT2D eigenvalue weighted by atomic mass is 9.88. The number of nitrogens with one attached hydrogen (secondary N) is 2. The summed E-state index contributed by atoms with van der Waals surface area (Å²) in [5.74, 6) is -0.848. The number of pyridine rings is 1. The summed E-state index contributed by atoms with van der Waals surface area (Å²) < 4.78 is 21.1. The van der Waals surface area contributed by atoms with Crippen molar-refractivity contribution in [3.05, 3.63) is 54.0 Å². The Morgan fingerprint density at radius 2 is 2.15 bits per heavy atom. The van der Waals surface area contributed by atoms with Gasteiger partial charge < -0.3 is 15.0 Å². The van der Waals surface area contributed by atoms with Crippen molar-refractivity contribution in [2.24, 2.45) is 11.8 Å². The molecule has 41 heavy (non-hydrogen) atoms. The molecule has 5 heterocycles. The molecule has 208 valence electrons. The first-order valence-electron chi connectivity index (χ1n) is 13.5. The molecule has 4 aromatic heterocycles. The van der Waals surface area contributed by atoms with Crippen LogP contribution in [-0.2, 0) is 4.79 Å². The van der Waals surface area contributed by atoms with Gasteiger partial charge >= 0.3 is 0 Å². The first-order valence-corrected chi connectivity index (χ1v) is 13.5. The van der Waals surface area contributed by atoms with Crippen molar-refractivity contribution >= 4 is 23.1 Å². The number of hydrogen-bond donors (Lipinski definition) is 2. The van der Waals surface area contributed by atoms with Gasteiger partial charge in [-0.05, 0) is 44.2 Å². The number of methoxy groups -OCH3 is 1. The molecular formula is C28H26FN9O3. The molecule has 2 N–H and O–H groups in total. The van der Waals surface area contributed by atoms with E-state index in [4.69, 9.17) is 10.00 Å². The van der Waals surface area contributed by atoms with Crippen molar-refractivity contribution < 1.29 is 18.7 Å². The zero-order valence-corrected chi connectivity index (χ0v) is 22.2. The summed E-state index contributed by atoms with van der Waals surface area (Å²) in [5.41, 5.74) is 2.23. The summed E-state index contributed by atoms with van der Waals surface area (Å²) in [4.78, 5) is 37.2. The average Bonchev–Trinajstić information content (AvgIpc) is 3.85. The van der Waals surface area contributed by atoms with E-state index in [9.17, 15) is 14.0 Å². The number of hydrogen-bond acceptors (Lipinski definition) is 8. The monoisotopic (exact) mass is 555 g/mol. The third-order valence-electron chi connectivity index (χ3n) is 8.45. The fourth-order valence-electron chi connectivity index (χ4n) is 5.87. The van der Waals surface area contributed by atoms with Crippen molar-refractivity contribution in [1.29, 1.82) is 5.26 Å². The summed E-state index contributed by atoms with van der Waals surface area (Å²) in [5, 5.41) is 23.4. The molecule has 2 amide bonds. The zero-order valence-electron chi connectivity index (χ0n) is 22.2. The second kappa shape index (κ2) is 9.36. The number of carbonyl (C=O) groups is 2. The van der Waals surface area contributed by atoms with Gasteiger partial charge in [-0.1, -0.05) is 0 Å². The molecule has 0 aromatic carbocycles. The highest BCUT2D eigenvalue weighted by molar-refractivity contribution is 5.97. The number of rotatable bonds is 6. The van der Waals surface area contributed by atoms with Gasteiger partial charge in [-0.3, -0.25) is 14.7 Å². The van der Waals surface area contributed by atoms with E-state index in [2.05, 4.69) is 36.7 Å². The predicted molar refractivity (Wildman–Crippen MR) is 142 cm³/mol. The number of carbonyl (C=O) groups excluding carboxylic acids is 2. The molecule has 1 spiro atoms. The Bertz CT molecular complexity index is 1740. The highest BCUT2D eigenvalue weighted by Gasteiger charge is 2.54. The maximum absolute atomic E-state index is 14.4. The molecule has 0 radical (unpaired) electrons. The SMILES string of the molecule is COc1cc(-c2cc(C(=O)N3CCC(C(=O)Nc4cnn5ccc([C@@H]6C[C@H]6C#N)nc45)CC34CC4)[nH]n2)c(F)cn1. The third-order valence-corrected chi connectivity index (χ3v) is 8.45. The highest BCUT2D eigenvalue weighted by Crippen LogP contribution is 2.51. The molecule has 0 bridgehead atoms. The number of nitriles is 1. The number of likely N-dealkylation sites (tertiary alicyclic amines) is 1. The van der Waals surface area contributed by atoms with Crippen molar-refractivity contribution in [2.45, 2.75) is 43.6 Å². The lowest BCUT2D eigenvalue weighted by Crippen LogP contribution is -2.50. The Morgan fingerprint density at radius 3 is 2.90 bits per heavy atom. The quantitative estimate of drug-likeness (QED) is 0.367. The average molecular weight is 556 g/mol. The fraction of sp³-hybridized carbons (Fsp3) is 0.393. The van der Waals surface area contributed by atoms with Gasteiger partial charge in [-0.25, -0.2) is 18.9 Å². The van der Waals surface area contributed by atoms with Crippen LogP contribution in [0.2, 0.25) is 0 Å². The van der Waals surface area contributed by atoms with E-state index in [0.29, 0.717) is 30.7 Å². The molecule has 1 saturated heterocycles. The Kier molecular flexibility index (Phi) is 5.74. The Balaban J connectivity index is 1.04. The first kappa shape index (κ1) is 25.1. The normalized spacial score (nSPS) is 22.4. The summed E-state index contributed by atoms with van der Waals surface area (Å²) in [6, 6.07) is 7.11. The summed E-state index contributed by atoms with van der Waals surface area (Å²) in [6.45, 7) is 0.414. The minimum atomic E-state index is -0.571. The number of amides is 2. The minimum absolute atomic E-state index is 0.0118. The minimum Gasteiger partial charge on any atom is -0.481 e. The van der Waals surface area contributed by atoms with Gasteiger partial charge in [-0.2, -0.15) is 15.5 Å². The van der Waals surface area contributed by atoms with Crippen LogP contribution in [0.15, 0.2) is 36.8 Å². The Labute approximate surface area is 233 Å². The standard InChI is InChI=1S/C28H26FN9O3/c1-41-24-9-18(19(29)13-31-24)21-10-22(36-35-21)27(40)37-6-2-15(11-28(37)4-5-28)26(39)34-23-14-32-38-7-3-20(33-25(23)38)17-8-16(17)12-30/h3,7,9-10,13-17H,2,4-6,8,11H2,1H3,(H,34,39)(H,35,36)/t15?,16-,17+/m0/s1. The smallest absolute Gasteiger partial charge is 0.272 e. The lowest BCUT2D eigenvalue weighted by molar-refractivity contribution is -0.122. The van der Waals surface area contributed by atoms with E-state index in [1.807, 2.05) is 11.0 Å². The molecule has 2 saturated carbocycles. The molecule has 7 rings (SSSR count). The van der Waals surface area contributed by atoms with E-state index in [1.54, 1.807) is 16.9 Å². The number of anilines is 1. The number of piperidine rings is 1. The molecule has 3 atom stereocenters. The van der Waals surface area contributed by atoms with Gasteiger partial charge in [0.1, 0.15) is 11.4 Å². The van der Waals surface area contributed by atoms with E-state index >= 15 is 0 Å². The van der Waals surface area contributed by atoms with Crippen LogP contribution in [0, 0.1) is 29.0 Å². The van der Waals surface area contributed by atoms with Crippen LogP contribution < -0.4 is 10.1 Å². The van der Waals surface area contributed by atoms with Crippen LogP contribution in [0.3, 0.4) is 0 Å². The number of H-pyrrole nitrogens is 1. The number of nitrogens with zero attached hydrogens (tertiary/aromatic N) is 7. The van der Waals surface area contributed by atoms with E-state index < -0.39 is 11.4 Å². The van der Waals surface area contributed by atoms with E-state index in [1.165, 1.54) is 19.2 Å². The molecule has 13 heteroatoms. The largest absolute Gasteiger partial charge is 0.481 e. The van der Waals surface area contributed by atoms with Crippen LogP contribution in [0.4, 0.5) is 10.1 Å². The highest BCUT2D eigenvalue weighted by atomic mass is 19.1. The van der Waals surface area contributed by atoms with Gasteiger partial charge in [0, 0.05) is 47.4 Å². The van der Waals surface area contributed by atoms with Crippen LogP contribution >= 0.6 is 0 Å². The predicted octanol–water partition coefficient (Wildman–Crippen LogP) is 3.31. The van der Waals surface area contributed by atoms with Crippen molar-refractivity contribution in [1.82, 2.24) is 34.7 Å². The topological polar surface area (TPSA) is 154 Å². The number of aromatic amines is 1. The lowest BCUT2D eigenvalue weighted by Gasteiger charge is -2.39. The third kappa shape index (κ3) is 4.35. The van der Waals surface area contributed by atoms with Crippen molar-refractivity contribution in [3.63, 3.8) is 0 Å². The van der Waals surface area contributed by atoms with Crippen LogP contribution in [0.5, 0.6) is 5.88 Å². The van der Waals surface area contributed by atoms with E-state index in [0.717, 1.165) is 31.2 Å². The first-order chi connectivity index (χ1) is 19.9. The Morgan fingerprint density at radius 1 is 1.29 bits per heavy atom. The summed E-state index contributed by atoms with van der Waals surface area (Å²) in [7, 11) is 1.44. The fourth-order valence-corrected chi connectivity index (χ4v) is 5.87. The van der Waals surface area contributed by atoms with Crippen LogP contribution in [-0.4, -0.2) is 65.7 Å². The Hall–Kier alpha value is -4.86. The van der Waals surface area contributed by atoms with Gasteiger partial charge in [0.15, 0.2) is 11.5 Å². The number of ether oxygens (including phenoxy) is 1. The maximum atomic E-state index is 14.4. The molecule has 12 nitrogen and oxygen atoms in total. The molecule has 3 fully saturated rings. The molecular weight excluding hydrogens is 529 g/mol. The second-order valence-electron chi connectivity index (χ2n) is 11.0. The van der Waals surface area contributed by atoms with Crippen molar-refractivity contribution in [2.75, 3.05) is 19.0 Å². The second-order valence-corrected chi connectivity index (χ2v) is 11.0. The van der Waals surface area contributed by atoms with Gasteiger partial charge in [0.2, 0.25) is 11.8 Å². The van der Waals surface area contributed by atoms with Gasteiger partial charge in [0.05, 0.1) is 37.2 Å². The van der Waals surface area contributed by atoms with Crippen LogP contribution in [0.1, 0.15) is 54.2 Å².